The molecule has 2 aromatic heterocycles. The molecule has 1 aliphatic heterocycles. The van der Waals surface area contributed by atoms with Gasteiger partial charge in [-0.05, 0) is 69.8 Å². The van der Waals surface area contributed by atoms with Gasteiger partial charge in [-0.2, -0.15) is 0 Å². The second kappa shape index (κ2) is 10.6. The van der Waals surface area contributed by atoms with E-state index in [1.165, 1.54) is 70.0 Å². The number of para-hydroxylation sites is 2. The van der Waals surface area contributed by atoms with Gasteiger partial charge in [0.05, 0.1) is 27.9 Å². The fourth-order valence-electron chi connectivity index (χ4n) is 7.94. The minimum absolute atomic E-state index is 0.744. The maximum atomic E-state index is 5.25. The molecular weight excluding hydrogens is 627 g/mol. The summed E-state index contributed by atoms with van der Waals surface area (Å²) in [6.07, 6.45) is 0. The average Bonchev–Trinajstić information content (AvgIpc) is 3.49. The van der Waals surface area contributed by atoms with Crippen molar-refractivity contribution in [2.24, 2.45) is 0 Å². The van der Waals surface area contributed by atoms with Crippen LogP contribution in [-0.4, -0.2) is 14.5 Å². The highest BCUT2D eigenvalue weighted by Gasteiger charge is 2.26. The predicted molar refractivity (Wildman–Crippen MR) is 209 cm³/mol. The van der Waals surface area contributed by atoms with Gasteiger partial charge in [0.15, 0.2) is 5.82 Å². The SMILES string of the molecule is c1ccc(-c2nc(-c3ccc4c5c(cccc35)-c3cccc(-n5c6ccccc6c6cc7ccccc7cc65)c3S4)nc3ccccc23)cc1. The highest BCUT2D eigenvalue weighted by molar-refractivity contribution is 8.00. The number of fused-ring (bicyclic) bond motifs is 7. The summed E-state index contributed by atoms with van der Waals surface area (Å²) in [5.41, 5.74) is 10.2. The van der Waals surface area contributed by atoms with Crippen LogP contribution < -0.4 is 0 Å². The van der Waals surface area contributed by atoms with Gasteiger partial charge in [0.25, 0.3) is 0 Å². The Morgan fingerprint density at radius 1 is 0.460 bits per heavy atom. The quantitative estimate of drug-likeness (QED) is 0.190. The molecular formula is C46H27N3S. The van der Waals surface area contributed by atoms with Crippen LogP contribution in [0.5, 0.6) is 0 Å². The normalized spacial score (nSPS) is 12.3. The fourth-order valence-corrected chi connectivity index (χ4v) is 9.17. The van der Waals surface area contributed by atoms with E-state index in [-0.39, 0.29) is 0 Å². The van der Waals surface area contributed by atoms with Crippen LogP contribution >= 0.6 is 11.8 Å². The number of benzene rings is 8. The monoisotopic (exact) mass is 653 g/mol. The molecule has 8 aromatic carbocycles. The van der Waals surface area contributed by atoms with Crippen molar-refractivity contribution >= 4 is 66.0 Å². The van der Waals surface area contributed by atoms with Gasteiger partial charge in [0.2, 0.25) is 0 Å². The van der Waals surface area contributed by atoms with Crippen LogP contribution in [0.25, 0.3) is 93.7 Å². The second-order valence-corrected chi connectivity index (χ2v) is 14.0. The van der Waals surface area contributed by atoms with E-state index in [0.717, 1.165) is 33.5 Å². The molecule has 0 amide bonds. The molecule has 0 radical (unpaired) electrons. The Balaban J connectivity index is 1.14. The summed E-state index contributed by atoms with van der Waals surface area (Å²) in [6.45, 7) is 0. The highest BCUT2D eigenvalue weighted by atomic mass is 32.2. The van der Waals surface area contributed by atoms with Gasteiger partial charge in [0.1, 0.15) is 0 Å². The molecule has 10 aromatic rings. The molecule has 0 bridgehead atoms. The first kappa shape index (κ1) is 27.7. The predicted octanol–water partition coefficient (Wildman–Crippen LogP) is 12.5. The summed E-state index contributed by atoms with van der Waals surface area (Å²) >= 11 is 1.87. The summed E-state index contributed by atoms with van der Waals surface area (Å²) in [5.74, 6) is 0.744. The lowest BCUT2D eigenvalue weighted by Gasteiger charge is -2.24. The van der Waals surface area contributed by atoms with E-state index in [1.807, 2.05) is 17.8 Å². The van der Waals surface area contributed by atoms with Gasteiger partial charge in [-0.3, -0.25) is 0 Å². The lowest BCUT2D eigenvalue weighted by Crippen LogP contribution is -2.02. The average molecular weight is 654 g/mol. The molecule has 0 spiro atoms. The number of aromatic nitrogens is 3. The third-order valence-corrected chi connectivity index (χ3v) is 11.4. The Morgan fingerprint density at radius 2 is 1.18 bits per heavy atom. The van der Waals surface area contributed by atoms with Gasteiger partial charge in [0, 0.05) is 42.5 Å². The summed E-state index contributed by atoms with van der Waals surface area (Å²) in [6, 6.07) is 58.8. The van der Waals surface area contributed by atoms with E-state index in [9.17, 15) is 0 Å². The van der Waals surface area contributed by atoms with E-state index in [0.29, 0.717) is 0 Å². The van der Waals surface area contributed by atoms with Crippen LogP contribution in [0, 0.1) is 0 Å². The molecule has 232 valence electrons. The molecule has 3 heterocycles. The smallest absolute Gasteiger partial charge is 0.161 e. The van der Waals surface area contributed by atoms with E-state index in [4.69, 9.17) is 9.97 Å². The molecule has 1 aliphatic rings. The minimum atomic E-state index is 0.744. The zero-order valence-corrected chi connectivity index (χ0v) is 27.7. The molecule has 0 saturated heterocycles. The second-order valence-electron chi connectivity index (χ2n) is 12.9. The Bertz CT molecular complexity index is 3010. The van der Waals surface area contributed by atoms with Crippen molar-refractivity contribution in [1.82, 2.24) is 14.5 Å². The van der Waals surface area contributed by atoms with Crippen molar-refractivity contribution in [3.8, 4) is 39.5 Å². The zero-order valence-electron chi connectivity index (χ0n) is 26.8. The molecule has 0 N–H and O–H groups in total. The van der Waals surface area contributed by atoms with Gasteiger partial charge in [-0.25, -0.2) is 9.97 Å². The van der Waals surface area contributed by atoms with Gasteiger partial charge >= 0.3 is 0 Å². The minimum Gasteiger partial charge on any atom is -0.308 e. The van der Waals surface area contributed by atoms with Crippen molar-refractivity contribution in [2.75, 3.05) is 0 Å². The maximum absolute atomic E-state index is 5.25. The molecule has 50 heavy (non-hydrogen) atoms. The first-order chi connectivity index (χ1) is 24.8. The van der Waals surface area contributed by atoms with Gasteiger partial charge in [-0.15, -0.1) is 0 Å². The third kappa shape index (κ3) is 4.00. The summed E-state index contributed by atoms with van der Waals surface area (Å²) < 4.78 is 2.47. The van der Waals surface area contributed by atoms with Crippen molar-refractivity contribution in [3.05, 3.63) is 164 Å². The summed E-state index contributed by atoms with van der Waals surface area (Å²) in [4.78, 5) is 12.9. The van der Waals surface area contributed by atoms with E-state index >= 15 is 0 Å². The Hall–Kier alpha value is -6.23. The Labute approximate surface area is 292 Å². The standard InChI is InChI=1S/C46H27N3S/c1-2-12-28(13-3-1)44-36-17-6-8-21-38(36)47-46(48-44)35-24-25-42-43-32(18-10-19-33(35)43)34-20-11-23-40(45(34)50-42)49-39-22-9-7-16-31(39)37-26-29-14-4-5-15-30(29)27-41(37)49/h1-27H. The number of hydrogen-bond donors (Lipinski definition) is 0. The van der Waals surface area contributed by atoms with E-state index in [2.05, 4.69) is 162 Å². The number of rotatable bonds is 3. The van der Waals surface area contributed by atoms with Crippen molar-refractivity contribution in [2.45, 2.75) is 9.79 Å². The Morgan fingerprint density at radius 3 is 2.08 bits per heavy atom. The zero-order chi connectivity index (χ0) is 32.8. The van der Waals surface area contributed by atoms with Crippen molar-refractivity contribution < 1.29 is 0 Å². The van der Waals surface area contributed by atoms with Crippen LogP contribution in [0.3, 0.4) is 0 Å². The van der Waals surface area contributed by atoms with Crippen molar-refractivity contribution in [3.63, 3.8) is 0 Å². The van der Waals surface area contributed by atoms with E-state index in [1.54, 1.807) is 0 Å². The van der Waals surface area contributed by atoms with Crippen molar-refractivity contribution in [1.29, 1.82) is 0 Å². The topological polar surface area (TPSA) is 30.7 Å². The van der Waals surface area contributed by atoms with Crippen LogP contribution in [0.15, 0.2) is 174 Å². The number of hydrogen-bond acceptors (Lipinski definition) is 3. The molecule has 3 nitrogen and oxygen atoms in total. The molecule has 4 heteroatoms. The maximum Gasteiger partial charge on any atom is 0.161 e. The van der Waals surface area contributed by atoms with Gasteiger partial charge in [-0.1, -0.05) is 133 Å². The molecule has 0 atom stereocenters. The third-order valence-electron chi connectivity index (χ3n) is 10.2. The lowest BCUT2D eigenvalue weighted by atomic mass is 9.94. The summed E-state index contributed by atoms with van der Waals surface area (Å²) in [5, 5.41) is 8.53. The Kier molecular flexibility index (Phi) is 5.89. The largest absolute Gasteiger partial charge is 0.308 e. The van der Waals surface area contributed by atoms with E-state index < -0.39 is 0 Å². The fraction of sp³-hybridized carbons (Fsp3) is 0. The first-order valence-electron chi connectivity index (χ1n) is 16.9. The van der Waals surface area contributed by atoms with Gasteiger partial charge < -0.3 is 4.57 Å². The molecule has 0 aliphatic carbocycles. The van der Waals surface area contributed by atoms with Crippen LogP contribution in [0.1, 0.15) is 0 Å². The highest BCUT2D eigenvalue weighted by Crippen LogP contribution is 2.52. The lowest BCUT2D eigenvalue weighted by molar-refractivity contribution is 1.13. The van der Waals surface area contributed by atoms with Crippen LogP contribution in [0.2, 0.25) is 0 Å². The summed E-state index contributed by atoms with van der Waals surface area (Å²) in [7, 11) is 0. The number of nitrogens with zero attached hydrogens (tertiary/aromatic N) is 3. The molecule has 11 rings (SSSR count). The van der Waals surface area contributed by atoms with Crippen LogP contribution in [-0.2, 0) is 0 Å². The molecule has 0 fully saturated rings. The first-order valence-corrected chi connectivity index (χ1v) is 17.7. The van der Waals surface area contributed by atoms with Crippen LogP contribution in [0.4, 0.5) is 0 Å². The molecule has 0 saturated carbocycles. The molecule has 0 unspecified atom stereocenters.